The zero-order chi connectivity index (χ0) is 22.3. The van der Waals surface area contributed by atoms with Crippen molar-refractivity contribution in [1.29, 1.82) is 0 Å². The van der Waals surface area contributed by atoms with Crippen LogP contribution in [0.1, 0.15) is 30.6 Å². The Morgan fingerprint density at radius 3 is 2.74 bits per heavy atom. The van der Waals surface area contributed by atoms with Crippen LogP contribution in [0.25, 0.3) is 21.1 Å². The maximum Gasteiger partial charge on any atom is 0.267 e. The van der Waals surface area contributed by atoms with Crippen LogP contribution >= 0.6 is 34.5 Å². The zero-order valence-corrected chi connectivity index (χ0v) is 19.1. The van der Waals surface area contributed by atoms with E-state index in [1.807, 2.05) is 0 Å². The summed E-state index contributed by atoms with van der Waals surface area (Å²) in [6.07, 6.45) is 0.757. The molecule has 6 nitrogen and oxygen atoms in total. The van der Waals surface area contributed by atoms with Gasteiger partial charge in [-0.2, -0.15) is 0 Å². The molecule has 2 N–H and O–H groups in total. The summed E-state index contributed by atoms with van der Waals surface area (Å²) in [7, 11) is 0. The van der Waals surface area contributed by atoms with Crippen LogP contribution in [0.5, 0.6) is 5.75 Å². The monoisotopic (exact) mass is 475 g/mol. The minimum atomic E-state index is -0.729. The van der Waals surface area contributed by atoms with Crippen molar-refractivity contribution < 1.29 is 9.90 Å². The first-order valence-corrected chi connectivity index (χ1v) is 11.2. The number of pyridine rings is 1. The van der Waals surface area contributed by atoms with Crippen LogP contribution in [0, 0.1) is 5.92 Å². The van der Waals surface area contributed by atoms with E-state index in [1.54, 1.807) is 41.0 Å². The number of hydrogen-bond acceptors (Lipinski definition) is 5. The highest BCUT2D eigenvalue weighted by Crippen LogP contribution is 2.34. The molecule has 0 saturated carbocycles. The Balaban J connectivity index is 1.79. The fraction of sp³-hybridized carbons (Fsp3) is 0.227. The number of hydrogen-bond donors (Lipinski definition) is 2. The Hall–Kier alpha value is -2.61. The van der Waals surface area contributed by atoms with Crippen molar-refractivity contribution in [2.45, 2.75) is 26.8 Å². The van der Waals surface area contributed by atoms with Crippen LogP contribution in [0.15, 0.2) is 41.2 Å². The third-order valence-corrected chi connectivity index (χ3v) is 6.36. The Bertz CT molecular complexity index is 1380. The summed E-state index contributed by atoms with van der Waals surface area (Å²) in [5.74, 6) is -0.704. The molecule has 0 aliphatic heterocycles. The smallest absolute Gasteiger partial charge is 0.267 e. The van der Waals surface area contributed by atoms with E-state index in [2.05, 4.69) is 24.1 Å². The van der Waals surface area contributed by atoms with Crippen molar-refractivity contribution >= 4 is 66.7 Å². The second-order valence-corrected chi connectivity index (χ2v) is 9.46. The van der Waals surface area contributed by atoms with Crippen LogP contribution in [0.3, 0.4) is 0 Å². The van der Waals surface area contributed by atoms with Gasteiger partial charge in [0.05, 0.1) is 15.2 Å². The molecule has 0 saturated heterocycles. The largest absolute Gasteiger partial charge is 0.506 e. The number of aromatic hydroxyl groups is 1. The maximum absolute atomic E-state index is 13.2. The van der Waals surface area contributed by atoms with Crippen LogP contribution in [0.2, 0.25) is 10.0 Å². The number of fused-ring (bicyclic) bond motifs is 2. The lowest BCUT2D eigenvalue weighted by molar-refractivity contribution is 0.102. The number of para-hydroxylation sites is 1. The third kappa shape index (κ3) is 4.13. The number of aryl methyl sites for hydroxylation is 1. The number of amides is 1. The van der Waals surface area contributed by atoms with Gasteiger partial charge in [0.15, 0.2) is 5.13 Å². The Labute approximate surface area is 192 Å². The fourth-order valence-electron chi connectivity index (χ4n) is 3.37. The van der Waals surface area contributed by atoms with Gasteiger partial charge < -0.3 is 9.67 Å². The van der Waals surface area contributed by atoms with Crippen molar-refractivity contribution in [1.82, 2.24) is 9.55 Å². The van der Waals surface area contributed by atoms with Crippen molar-refractivity contribution in [3.05, 3.63) is 62.4 Å². The molecule has 2 aromatic carbocycles. The second-order valence-electron chi connectivity index (χ2n) is 7.59. The molecule has 0 spiro atoms. The van der Waals surface area contributed by atoms with Crippen molar-refractivity contribution in [3.63, 3.8) is 0 Å². The van der Waals surface area contributed by atoms with Crippen molar-refractivity contribution in [2.75, 3.05) is 5.32 Å². The van der Waals surface area contributed by atoms with Gasteiger partial charge in [-0.3, -0.25) is 14.9 Å². The molecular weight excluding hydrogens is 457 g/mol. The summed E-state index contributed by atoms with van der Waals surface area (Å²) in [6.45, 7) is 4.56. The summed E-state index contributed by atoms with van der Waals surface area (Å²) >= 11 is 13.4. The van der Waals surface area contributed by atoms with Gasteiger partial charge in [0.2, 0.25) is 0 Å². The average Bonchev–Trinajstić information content (AvgIpc) is 3.10. The number of halogens is 2. The van der Waals surface area contributed by atoms with Gasteiger partial charge in [0.1, 0.15) is 16.8 Å². The van der Waals surface area contributed by atoms with Gasteiger partial charge in [-0.25, -0.2) is 4.98 Å². The Morgan fingerprint density at radius 2 is 2.00 bits per heavy atom. The van der Waals surface area contributed by atoms with Crippen molar-refractivity contribution in [2.24, 2.45) is 5.92 Å². The summed E-state index contributed by atoms with van der Waals surface area (Å²) < 4.78 is 2.24. The highest BCUT2D eigenvalue weighted by Gasteiger charge is 2.23. The molecule has 9 heteroatoms. The number of nitrogens with one attached hydrogen (secondary N) is 1. The first-order chi connectivity index (χ1) is 14.8. The number of carbonyl (C=O) groups is 1. The predicted molar refractivity (Wildman–Crippen MR) is 127 cm³/mol. The fourth-order valence-corrected chi connectivity index (χ4v) is 4.96. The van der Waals surface area contributed by atoms with Gasteiger partial charge in [-0.1, -0.05) is 60.5 Å². The van der Waals surface area contributed by atoms with Gasteiger partial charge >= 0.3 is 0 Å². The Morgan fingerprint density at radius 1 is 1.26 bits per heavy atom. The predicted octanol–water partition coefficient (Wildman–Crippen LogP) is 5.92. The molecular formula is C22H19Cl2N3O3S. The minimum absolute atomic E-state index is 0.254. The quantitative estimate of drug-likeness (QED) is 0.375. The number of thiazole rings is 1. The zero-order valence-electron chi connectivity index (χ0n) is 16.8. The molecule has 0 radical (unpaired) electrons. The standard InChI is InChI=1S/C22H19Cl2N3O3S/c1-11(2)7-8-27-15-6-4-3-5-13(15)19(28)17(21(27)30)20(29)26-22-25-18-14(24)9-12(23)10-16(18)31-22/h3-6,9-11,28H,7-8H2,1-2H3,(H,25,26,29). The Kier molecular flexibility index (Phi) is 5.92. The SMILES string of the molecule is CC(C)CCn1c(=O)c(C(=O)Nc2nc3c(Cl)cc(Cl)cc3s2)c(O)c2ccccc21. The van der Waals surface area contributed by atoms with E-state index < -0.39 is 11.5 Å². The molecule has 0 atom stereocenters. The van der Waals surface area contributed by atoms with Gasteiger partial charge in [-0.15, -0.1) is 0 Å². The lowest BCUT2D eigenvalue weighted by Crippen LogP contribution is -2.30. The molecule has 2 aromatic heterocycles. The second kappa shape index (κ2) is 8.49. The topological polar surface area (TPSA) is 84.2 Å². The number of anilines is 1. The molecule has 160 valence electrons. The normalized spacial score (nSPS) is 11.5. The van der Waals surface area contributed by atoms with E-state index >= 15 is 0 Å². The number of rotatable bonds is 5. The molecule has 31 heavy (non-hydrogen) atoms. The molecule has 4 aromatic rings. The van der Waals surface area contributed by atoms with E-state index in [1.165, 1.54) is 11.3 Å². The first-order valence-electron chi connectivity index (χ1n) is 9.67. The van der Waals surface area contributed by atoms with E-state index in [0.717, 1.165) is 6.42 Å². The van der Waals surface area contributed by atoms with Gasteiger partial charge in [-0.05, 0) is 36.6 Å². The van der Waals surface area contributed by atoms with Crippen LogP contribution < -0.4 is 10.9 Å². The summed E-state index contributed by atoms with van der Waals surface area (Å²) in [6, 6.07) is 10.3. The molecule has 0 bridgehead atoms. The molecule has 0 unspecified atom stereocenters. The highest BCUT2D eigenvalue weighted by molar-refractivity contribution is 7.22. The number of aromatic nitrogens is 2. The van der Waals surface area contributed by atoms with Crippen LogP contribution in [0.4, 0.5) is 5.13 Å². The molecule has 2 heterocycles. The summed E-state index contributed by atoms with van der Waals surface area (Å²) in [4.78, 5) is 30.6. The van der Waals surface area contributed by atoms with E-state index in [-0.39, 0.29) is 16.4 Å². The van der Waals surface area contributed by atoms with E-state index in [4.69, 9.17) is 23.2 Å². The van der Waals surface area contributed by atoms with E-state index in [9.17, 15) is 14.7 Å². The third-order valence-electron chi connectivity index (χ3n) is 4.94. The molecule has 0 fully saturated rings. The lowest BCUT2D eigenvalue weighted by Gasteiger charge is -2.15. The minimum Gasteiger partial charge on any atom is -0.506 e. The number of benzene rings is 2. The van der Waals surface area contributed by atoms with Crippen LogP contribution in [-0.4, -0.2) is 20.6 Å². The number of nitrogens with zero attached hydrogens (tertiary/aromatic N) is 2. The molecule has 0 aliphatic carbocycles. The molecule has 1 amide bonds. The lowest BCUT2D eigenvalue weighted by atomic mass is 10.1. The summed E-state index contributed by atoms with van der Waals surface area (Å²) in [5.41, 5.74) is 0.231. The van der Waals surface area contributed by atoms with Crippen molar-refractivity contribution in [3.8, 4) is 5.75 Å². The number of carbonyl (C=O) groups excluding carboxylic acids is 1. The molecule has 4 rings (SSSR count). The molecule has 0 aliphatic rings. The van der Waals surface area contributed by atoms with Crippen LogP contribution in [-0.2, 0) is 6.54 Å². The van der Waals surface area contributed by atoms with Gasteiger partial charge in [0.25, 0.3) is 11.5 Å². The first kappa shape index (κ1) is 21.6. The maximum atomic E-state index is 13.2. The van der Waals surface area contributed by atoms with Gasteiger partial charge in [0, 0.05) is 17.0 Å². The summed E-state index contributed by atoms with van der Waals surface area (Å²) in [5, 5.41) is 14.9. The highest BCUT2D eigenvalue weighted by atomic mass is 35.5. The average molecular weight is 476 g/mol. The van der Waals surface area contributed by atoms with E-state index in [0.29, 0.717) is 43.6 Å².